The summed E-state index contributed by atoms with van der Waals surface area (Å²) in [5.41, 5.74) is 0.216. The Hall–Kier alpha value is -0.980. The van der Waals surface area contributed by atoms with Gasteiger partial charge < -0.3 is 15.2 Å². The molecule has 5 nitrogen and oxygen atoms in total. The molecule has 1 aliphatic rings. The fraction of sp³-hybridized carbons (Fsp3) is 0.733. The predicted molar refractivity (Wildman–Crippen MR) is 82.5 cm³/mol. The van der Waals surface area contributed by atoms with Gasteiger partial charge >= 0.3 is 0 Å². The Labute approximate surface area is 129 Å². The van der Waals surface area contributed by atoms with Crippen molar-refractivity contribution in [2.75, 3.05) is 19.8 Å². The van der Waals surface area contributed by atoms with E-state index in [9.17, 15) is 9.90 Å². The van der Waals surface area contributed by atoms with Crippen molar-refractivity contribution in [2.45, 2.75) is 45.6 Å². The molecule has 0 aliphatic carbocycles. The number of hydrogen-bond donors (Lipinski definition) is 2. The van der Waals surface area contributed by atoms with Gasteiger partial charge in [0.2, 0.25) is 0 Å². The van der Waals surface area contributed by atoms with E-state index in [1.54, 1.807) is 5.38 Å². The maximum atomic E-state index is 12.2. The summed E-state index contributed by atoms with van der Waals surface area (Å²) < 4.78 is 5.58. The average Bonchev–Trinajstić information content (AvgIpc) is 3.20. The Morgan fingerprint density at radius 2 is 2.33 bits per heavy atom. The van der Waals surface area contributed by atoms with E-state index < -0.39 is 0 Å². The average molecular weight is 312 g/mol. The summed E-state index contributed by atoms with van der Waals surface area (Å²) in [6.45, 7) is 5.40. The Morgan fingerprint density at radius 1 is 1.57 bits per heavy atom. The smallest absolute Gasteiger partial charge is 0.270 e. The van der Waals surface area contributed by atoms with Crippen molar-refractivity contribution < 1.29 is 14.6 Å². The van der Waals surface area contributed by atoms with Crippen molar-refractivity contribution in [3.05, 3.63) is 16.1 Å². The third-order valence-electron chi connectivity index (χ3n) is 4.42. The van der Waals surface area contributed by atoms with Crippen LogP contribution in [0.1, 0.15) is 61.1 Å². The molecule has 1 aromatic rings. The second-order valence-electron chi connectivity index (χ2n) is 5.62. The summed E-state index contributed by atoms with van der Waals surface area (Å²) >= 11 is 1.48. The molecule has 2 rings (SSSR count). The van der Waals surface area contributed by atoms with Crippen molar-refractivity contribution in [3.63, 3.8) is 0 Å². The van der Waals surface area contributed by atoms with E-state index in [0.29, 0.717) is 12.2 Å². The number of rotatable bonds is 7. The first-order valence-corrected chi connectivity index (χ1v) is 8.48. The fourth-order valence-electron chi connectivity index (χ4n) is 2.45. The van der Waals surface area contributed by atoms with Gasteiger partial charge in [-0.05, 0) is 25.7 Å². The molecule has 118 valence electrons. The molecule has 0 aromatic carbocycles. The molecule has 2 heterocycles. The summed E-state index contributed by atoms with van der Waals surface area (Å²) in [5, 5.41) is 15.1. The van der Waals surface area contributed by atoms with E-state index in [1.807, 2.05) is 13.8 Å². The number of nitrogens with one attached hydrogen (secondary N) is 1. The van der Waals surface area contributed by atoms with Crippen molar-refractivity contribution in [2.24, 2.45) is 5.41 Å². The lowest BCUT2D eigenvalue weighted by Gasteiger charge is -2.29. The van der Waals surface area contributed by atoms with E-state index in [-0.39, 0.29) is 24.0 Å². The van der Waals surface area contributed by atoms with E-state index >= 15 is 0 Å². The minimum atomic E-state index is -0.233. The third kappa shape index (κ3) is 3.81. The molecular weight excluding hydrogens is 288 g/mol. The van der Waals surface area contributed by atoms with E-state index in [1.165, 1.54) is 11.3 Å². The van der Waals surface area contributed by atoms with Gasteiger partial charge in [0.1, 0.15) is 16.8 Å². The molecule has 0 bridgehead atoms. The van der Waals surface area contributed by atoms with Gasteiger partial charge in [-0.3, -0.25) is 4.79 Å². The van der Waals surface area contributed by atoms with E-state index in [4.69, 9.17) is 4.74 Å². The van der Waals surface area contributed by atoms with Crippen LogP contribution >= 0.6 is 11.3 Å². The predicted octanol–water partition coefficient (Wildman–Crippen LogP) is 2.52. The summed E-state index contributed by atoms with van der Waals surface area (Å²) in [6.07, 6.45) is 3.75. The van der Waals surface area contributed by atoms with Crippen LogP contribution in [0.25, 0.3) is 0 Å². The number of thiazole rings is 1. The van der Waals surface area contributed by atoms with Gasteiger partial charge in [-0.15, -0.1) is 11.3 Å². The molecule has 1 saturated heterocycles. The number of ether oxygens (including phenoxy) is 1. The first-order chi connectivity index (χ1) is 10.1. The maximum absolute atomic E-state index is 12.2. The Bertz CT molecular complexity index is 457. The van der Waals surface area contributed by atoms with Crippen molar-refractivity contribution in [3.8, 4) is 0 Å². The lowest BCUT2D eigenvalue weighted by Crippen LogP contribution is -2.39. The topological polar surface area (TPSA) is 71.5 Å². The van der Waals surface area contributed by atoms with Crippen LogP contribution in [0.5, 0.6) is 0 Å². The quantitative estimate of drug-likeness (QED) is 0.811. The van der Waals surface area contributed by atoms with Crippen molar-refractivity contribution in [1.29, 1.82) is 0 Å². The fourth-order valence-corrected chi connectivity index (χ4v) is 3.33. The van der Waals surface area contributed by atoms with E-state index in [0.717, 1.165) is 37.3 Å². The summed E-state index contributed by atoms with van der Waals surface area (Å²) in [7, 11) is 0. The molecule has 0 saturated carbocycles. The number of aromatic nitrogens is 1. The van der Waals surface area contributed by atoms with Gasteiger partial charge in [0.25, 0.3) is 5.91 Å². The van der Waals surface area contributed by atoms with Crippen LogP contribution in [0.15, 0.2) is 5.38 Å². The van der Waals surface area contributed by atoms with Gasteiger partial charge in [0.15, 0.2) is 0 Å². The molecule has 1 fully saturated rings. The Kier molecular flexibility index (Phi) is 5.72. The lowest BCUT2D eigenvalue weighted by molar-refractivity contribution is 0.0845. The van der Waals surface area contributed by atoms with Crippen LogP contribution in [0.2, 0.25) is 0 Å². The van der Waals surface area contributed by atoms with Crippen LogP contribution < -0.4 is 5.32 Å². The second-order valence-corrected chi connectivity index (χ2v) is 6.51. The molecule has 1 atom stereocenters. The number of aliphatic hydroxyl groups is 1. The van der Waals surface area contributed by atoms with Crippen LogP contribution in [0.3, 0.4) is 0 Å². The van der Waals surface area contributed by atoms with Crippen LogP contribution in [-0.4, -0.2) is 35.8 Å². The zero-order valence-corrected chi connectivity index (χ0v) is 13.5. The molecule has 2 N–H and O–H groups in total. The molecule has 0 radical (unpaired) electrons. The molecule has 1 amide bonds. The van der Waals surface area contributed by atoms with Crippen LogP contribution in [0.4, 0.5) is 0 Å². The largest absolute Gasteiger partial charge is 0.396 e. The molecule has 6 heteroatoms. The van der Waals surface area contributed by atoms with Crippen molar-refractivity contribution in [1.82, 2.24) is 10.3 Å². The first-order valence-electron chi connectivity index (χ1n) is 7.60. The van der Waals surface area contributed by atoms with E-state index in [2.05, 4.69) is 10.3 Å². The molecule has 21 heavy (non-hydrogen) atoms. The minimum Gasteiger partial charge on any atom is -0.396 e. The standard InChI is InChI=1S/C15H24N2O3S/c1-3-15(4-2,10-18)9-16-13(19)11-8-21-14(17-11)12-6-5-7-20-12/h8,12,18H,3-7,9-10H2,1-2H3,(H,16,19). The Morgan fingerprint density at radius 3 is 2.90 bits per heavy atom. The van der Waals surface area contributed by atoms with Crippen molar-refractivity contribution >= 4 is 17.2 Å². The maximum Gasteiger partial charge on any atom is 0.270 e. The SMILES string of the molecule is CCC(CC)(CO)CNC(=O)c1csc(C2CCCO2)n1. The van der Waals surface area contributed by atoms with Gasteiger partial charge in [-0.1, -0.05) is 13.8 Å². The Balaban J connectivity index is 1.94. The zero-order valence-electron chi connectivity index (χ0n) is 12.7. The number of hydrogen-bond acceptors (Lipinski definition) is 5. The zero-order chi connectivity index (χ0) is 15.3. The molecular formula is C15H24N2O3S. The molecule has 1 aromatic heterocycles. The number of amides is 1. The van der Waals surface area contributed by atoms with Crippen LogP contribution in [0, 0.1) is 5.41 Å². The number of nitrogens with zero attached hydrogens (tertiary/aromatic N) is 1. The number of aliphatic hydroxyl groups excluding tert-OH is 1. The minimum absolute atomic E-state index is 0.0550. The normalized spacial score (nSPS) is 18.9. The molecule has 1 unspecified atom stereocenters. The number of carbonyl (C=O) groups excluding carboxylic acids is 1. The third-order valence-corrected chi connectivity index (χ3v) is 5.36. The summed E-state index contributed by atoms with van der Waals surface area (Å²) in [4.78, 5) is 16.6. The van der Waals surface area contributed by atoms with Crippen LogP contribution in [-0.2, 0) is 4.74 Å². The summed E-state index contributed by atoms with van der Waals surface area (Å²) in [6, 6.07) is 0. The number of carbonyl (C=O) groups is 1. The highest BCUT2D eigenvalue weighted by Gasteiger charge is 2.27. The second kappa shape index (κ2) is 7.33. The molecule has 0 spiro atoms. The van der Waals surface area contributed by atoms with Gasteiger partial charge in [0.05, 0.1) is 6.61 Å². The highest BCUT2D eigenvalue weighted by atomic mass is 32.1. The highest BCUT2D eigenvalue weighted by Crippen LogP contribution is 2.30. The highest BCUT2D eigenvalue weighted by molar-refractivity contribution is 7.09. The monoisotopic (exact) mass is 312 g/mol. The van der Waals surface area contributed by atoms with Gasteiger partial charge in [-0.2, -0.15) is 0 Å². The first kappa shape index (κ1) is 16.4. The molecule has 1 aliphatic heterocycles. The van der Waals surface area contributed by atoms with Gasteiger partial charge in [0, 0.05) is 23.9 Å². The van der Waals surface area contributed by atoms with Gasteiger partial charge in [-0.25, -0.2) is 4.98 Å². The lowest BCUT2D eigenvalue weighted by atomic mass is 9.83. The summed E-state index contributed by atoms with van der Waals surface area (Å²) in [5.74, 6) is -0.171.